The zero-order valence-electron chi connectivity index (χ0n) is 7.50. The van der Waals surface area contributed by atoms with Gasteiger partial charge in [0.25, 0.3) is 0 Å². The summed E-state index contributed by atoms with van der Waals surface area (Å²) >= 11 is 7.25. The Morgan fingerprint density at radius 3 is 2.92 bits per heavy atom. The van der Waals surface area contributed by atoms with Gasteiger partial charge in [-0.15, -0.1) is 0 Å². The highest BCUT2D eigenvalue weighted by Gasteiger charge is 2.03. The molecule has 1 aromatic heterocycles. The van der Waals surface area contributed by atoms with Crippen LogP contribution < -0.4 is 0 Å². The number of hydrogen-bond acceptors (Lipinski definition) is 3. The molecule has 0 aliphatic carbocycles. The van der Waals surface area contributed by atoms with E-state index in [-0.39, 0.29) is 6.10 Å². The third-order valence-electron chi connectivity index (χ3n) is 1.65. The molecule has 0 saturated carbocycles. The second-order valence-electron chi connectivity index (χ2n) is 2.78. The number of furan rings is 1. The Labute approximate surface area is 87.3 Å². The van der Waals surface area contributed by atoms with Crippen LogP contribution in [0.1, 0.15) is 19.1 Å². The van der Waals surface area contributed by atoms with Gasteiger partial charge in [-0.3, -0.25) is 0 Å². The molecule has 1 N–H and O–H groups in total. The van der Waals surface area contributed by atoms with Crippen LogP contribution in [0.15, 0.2) is 16.5 Å². The maximum absolute atomic E-state index is 9.26. The van der Waals surface area contributed by atoms with Gasteiger partial charge < -0.3 is 9.52 Å². The smallest absolute Gasteiger partial charge is 0.193 e. The molecule has 0 unspecified atom stereocenters. The first-order valence-electron chi connectivity index (χ1n) is 4.22. The third kappa shape index (κ3) is 4.07. The van der Waals surface area contributed by atoms with E-state index in [4.69, 9.17) is 16.0 Å². The summed E-state index contributed by atoms with van der Waals surface area (Å²) in [5.41, 5.74) is 0. The summed E-state index contributed by atoms with van der Waals surface area (Å²) in [4.78, 5) is 0. The zero-order valence-corrected chi connectivity index (χ0v) is 9.07. The largest absolute Gasteiger partial charge is 0.449 e. The monoisotopic (exact) mass is 220 g/mol. The number of halogens is 1. The minimum Gasteiger partial charge on any atom is -0.449 e. The van der Waals surface area contributed by atoms with Gasteiger partial charge in [0.15, 0.2) is 5.22 Å². The minimum absolute atomic E-state index is 0.213. The lowest BCUT2D eigenvalue weighted by molar-refractivity contribution is 0.195. The molecule has 74 valence electrons. The van der Waals surface area contributed by atoms with Crippen molar-refractivity contribution in [3.8, 4) is 0 Å². The lowest BCUT2D eigenvalue weighted by atomic mass is 10.3. The molecule has 0 fully saturated rings. The highest BCUT2D eigenvalue weighted by molar-refractivity contribution is 7.98. The summed E-state index contributed by atoms with van der Waals surface area (Å²) in [5, 5.41) is 9.69. The molecule has 1 rings (SSSR count). The van der Waals surface area contributed by atoms with Crippen molar-refractivity contribution in [2.45, 2.75) is 25.2 Å². The van der Waals surface area contributed by atoms with Crippen LogP contribution in [0, 0.1) is 0 Å². The predicted molar refractivity (Wildman–Crippen MR) is 56.2 cm³/mol. The summed E-state index contributed by atoms with van der Waals surface area (Å²) in [6.07, 6.45) is 0.585. The third-order valence-corrected chi connectivity index (χ3v) is 2.97. The SMILES string of the molecule is CC[C@H](O)CSCc1ccc(Cl)o1. The zero-order chi connectivity index (χ0) is 9.68. The van der Waals surface area contributed by atoms with Gasteiger partial charge in [0.2, 0.25) is 0 Å². The van der Waals surface area contributed by atoms with Crippen molar-refractivity contribution in [2.75, 3.05) is 5.75 Å². The van der Waals surface area contributed by atoms with Crippen LogP contribution in [0.5, 0.6) is 0 Å². The van der Waals surface area contributed by atoms with Gasteiger partial charge in [-0.1, -0.05) is 6.92 Å². The highest BCUT2D eigenvalue weighted by Crippen LogP contribution is 2.19. The van der Waals surface area contributed by atoms with E-state index in [1.807, 2.05) is 13.0 Å². The van der Waals surface area contributed by atoms with Crippen LogP contribution in [0.25, 0.3) is 0 Å². The van der Waals surface area contributed by atoms with Gasteiger partial charge in [0.1, 0.15) is 5.76 Å². The van der Waals surface area contributed by atoms with Crippen molar-refractivity contribution >= 4 is 23.4 Å². The number of rotatable bonds is 5. The molecule has 0 aromatic carbocycles. The Kier molecular flexibility index (Phi) is 4.70. The lowest BCUT2D eigenvalue weighted by Crippen LogP contribution is -2.07. The molecular formula is C9H13ClO2S. The Bertz CT molecular complexity index is 250. The van der Waals surface area contributed by atoms with Crippen LogP contribution in [-0.4, -0.2) is 17.0 Å². The lowest BCUT2D eigenvalue weighted by Gasteiger charge is -2.05. The van der Waals surface area contributed by atoms with Gasteiger partial charge in [-0.2, -0.15) is 11.8 Å². The summed E-state index contributed by atoms with van der Waals surface area (Å²) in [5.74, 6) is 2.37. The second kappa shape index (κ2) is 5.58. The Morgan fingerprint density at radius 2 is 2.38 bits per heavy atom. The van der Waals surface area contributed by atoms with E-state index in [9.17, 15) is 5.11 Å². The van der Waals surface area contributed by atoms with Crippen molar-refractivity contribution in [1.29, 1.82) is 0 Å². The number of aliphatic hydroxyl groups is 1. The topological polar surface area (TPSA) is 33.4 Å². The van der Waals surface area contributed by atoms with Gasteiger partial charge in [-0.05, 0) is 30.2 Å². The van der Waals surface area contributed by atoms with Crippen LogP contribution >= 0.6 is 23.4 Å². The summed E-state index contributed by atoms with van der Waals surface area (Å²) in [6, 6.07) is 3.58. The van der Waals surface area contributed by atoms with Crippen LogP contribution in [-0.2, 0) is 5.75 Å². The van der Waals surface area contributed by atoms with E-state index in [0.717, 1.165) is 23.7 Å². The molecule has 1 aromatic rings. The summed E-state index contributed by atoms with van der Waals surface area (Å²) in [6.45, 7) is 1.97. The highest BCUT2D eigenvalue weighted by atomic mass is 35.5. The minimum atomic E-state index is -0.213. The first-order valence-corrected chi connectivity index (χ1v) is 5.75. The normalized spacial score (nSPS) is 13.2. The van der Waals surface area contributed by atoms with Gasteiger partial charge >= 0.3 is 0 Å². The van der Waals surface area contributed by atoms with Crippen molar-refractivity contribution in [2.24, 2.45) is 0 Å². The average molecular weight is 221 g/mol. The fourth-order valence-electron chi connectivity index (χ4n) is 0.843. The molecule has 0 aliphatic heterocycles. The quantitative estimate of drug-likeness (QED) is 0.829. The van der Waals surface area contributed by atoms with E-state index >= 15 is 0 Å². The van der Waals surface area contributed by atoms with E-state index in [1.165, 1.54) is 0 Å². The molecule has 1 heterocycles. The van der Waals surface area contributed by atoms with E-state index < -0.39 is 0 Å². The molecular weight excluding hydrogens is 208 g/mol. The van der Waals surface area contributed by atoms with Gasteiger partial charge in [0, 0.05) is 5.75 Å². The van der Waals surface area contributed by atoms with Crippen molar-refractivity contribution < 1.29 is 9.52 Å². The number of thioether (sulfide) groups is 1. The predicted octanol–water partition coefficient (Wildman–Crippen LogP) is 2.94. The molecule has 0 spiro atoms. The van der Waals surface area contributed by atoms with Gasteiger partial charge in [-0.25, -0.2) is 0 Å². The first-order chi connectivity index (χ1) is 6.22. The van der Waals surface area contributed by atoms with E-state index in [1.54, 1.807) is 17.8 Å². The second-order valence-corrected chi connectivity index (χ2v) is 4.19. The number of aliphatic hydroxyl groups excluding tert-OH is 1. The van der Waals surface area contributed by atoms with Crippen molar-refractivity contribution in [3.63, 3.8) is 0 Å². The van der Waals surface area contributed by atoms with E-state index in [2.05, 4.69) is 0 Å². The standard InChI is InChI=1S/C9H13ClO2S/c1-2-7(11)5-13-6-8-3-4-9(10)12-8/h3-4,7,11H,2,5-6H2,1H3/t7-/m0/s1. The maximum Gasteiger partial charge on any atom is 0.193 e. The van der Waals surface area contributed by atoms with Crippen LogP contribution in [0.4, 0.5) is 0 Å². The molecule has 1 atom stereocenters. The van der Waals surface area contributed by atoms with Crippen molar-refractivity contribution in [1.82, 2.24) is 0 Å². The Hall–Kier alpha value is -0.120. The molecule has 4 heteroatoms. The maximum atomic E-state index is 9.26. The molecule has 13 heavy (non-hydrogen) atoms. The summed E-state index contributed by atoms with van der Waals surface area (Å²) < 4.78 is 5.16. The first kappa shape index (κ1) is 11.0. The fraction of sp³-hybridized carbons (Fsp3) is 0.556. The van der Waals surface area contributed by atoms with Crippen molar-refractivity contribution in [3.05, 3.63) is 23.1 Å². The van der Waals surface area contributed by atoms with Crippen LogP contribution in [0.2, 0.25) is 5.22 Å². The Balaban J connectivity index is 2.20. The van der Waals surface area contributed by atoms with Crippen LogP contribution in [0.3, 0.4) is 0 Å². The fourth-order valence-corrected chi connectivity index (χ4v) is 1.99. The summed E-state index contributed by atoms with van der Waals surface area (Å²) in [7, 11) is 0. The number of hydrogen-bond donors (Lipinski definition) is 1. The Morgan fingerprint density at radius 1 is 1.62 bits per heavy atom. The molecule has 2 nitrogen and oxygen atoms in total. The molecule has 0 bridgehead atoms. The van der Waals surface area contributed by atoms with E-state index in [0.29, 0.717) is 5.22 Å². The molecule has 0 aliphatic rings. The molecule has 0 amide bonds. The average Bonchev–Trinajstić information content (AvgIpc) is 2.51. The van der Waals surface area contributed by atoms with Gasteiger partial charge in [0.05, 0.1) is 11.9 Å². The molecule has 0 radical (unpaired) electrons. The molecule has 0 saturated heterocycles.